The van der Waals surface area contributed by atoms with Gasteiger partial charge in [0.25, 0.3) is 0 Å². The van der Waals surface area contributed by atoms with Gasteiger partial charge in [0, 0.05) is 13.0 Å². The van der Waals surface area contributed by atoms with Crippen molar-refractivity contribution in [3.8, 4) is 0 Å². The highest BCUT2D eigenvalue weighted by molar-refractivity contribution is 7.99. The first-order chi connectivity index (χ1) is 6.83. The molecular weight excluding hydrogens is 200 g/mol. The molecule has 78 valence electrons. The number of nitrogens with one attached hydrogen (secondary N) is 2. The molecule has 0 fully saturated rings. The number of carbonyl (C=O) groups is 1. The highest BCUT2D eigenvalue weighted by atomic mass is 32.2. The number of nitrogens with zero attached hydrogens (tertiary/aromatic N) is 2. The van der Waals surface area contributed by atoms with Crippen LogP contribution in [0.3, 0.4) is 0 Å². The van der Waals surface area contributed by atoms with Gasteiger partial charge >= 0.3 is 0 Å². The number of thioether (sulfide) groups is 1. The summed E-state index contributed by atoms with van der Waals surface area (Å²) < 4.78 is 0. The molecule has 0 saturated heterocycles. The van der Waals surface area contributed by atoms with Crippen LogP contribution in [0.1, 0.15) is 12.2 Å². The van der Waals surface area contributed by atoms with Gasteiger partial charge in [0.2, 0.25) is 5.91 Å². The summed E-state index contributed by atoms with van der Waals surface area (Å²) in [7, 11) is 0. The molecule has 0 radical (unpaired) electrons. The van der Waals surface area contributed by atoms with E-state index in [4.69, 9.17) is 0 Å². The van der Waals surface area contributed by atoms with E-state index < -0.39 is 0 Å². The summed E-state index contributed by atoms with van der Waals surface area (Å²) in [6, 6.07) is 0. The zero-order valence-corrected chi connectivity index (χ0v) is 8.93. The molecule has 0 aliphatic rings. The number of aromatic nitrogens is 3. The molecular formula is C8H14N4OS. The average Bonchev–Trinajstić information content (AvgIpc) is 2.65. The Hall–Kier alpha value is -1.04. The summed E-state index contributed by atoms with van der Waals surface area (Å²) in [6.45, 7) is 0.695. The van der Waals surface area contributed by atoms with Gasteiger partial charge in [0.15, 0.2) is 0 Å². The molecule has 0 aliphatic carbocycles. The predicted molar refractivity (Wildman–Crippen MR) is 56.1 cm³/mol. The Bertz CT molecular complexity index is 262. The van der Waals surface area contributed by atoms with E-state index in [1.807, 2.05) is 6.26 Å². The highest BCUT2D eigenvalue weighted by Gasteiger charge is 1.99. The predicted octanol–water partition coefficient (Wildman–Crippen LogP) is 0.216. The van der Waals surface area contributed by atoms with Crippen molar-refractivity contribution >= 4 is 17.7 Å². The minimum Gasteiger partial charge on any atom is -0.355 e. The number of aryl methyl sites for hydroxylation is 1. The highest BCUT2D eigenvalue weighted by Crippen LogP contribution is 1.93. The number of hydrogen-bond donors (Lipinski definition) is 2. The lowest BCUT2D eigenvalue weighted by molar-refractivity contribution is -0.118. The largest absolute Gasteiger partial charge is 0.355 e. The first kappa shape index (κ1) is 11.0. The molecule has 14 heavy (non-hydrogen) atoms. The van der Waals surface area contributed by atoms with Gasteiger partial charge in [-0.05, 0) is 12.7 Å². The van der Waals surface area contributed by atoms with Crippen LogP contribution < -0.4 is 5.32 Å². The van der Waals surface area contributed by atoms with E-state index in [1.165, 1.54) is 18.1 Å². The van der Waals surface area contributed by atoms with E-state index in [9.17, 15) is 4.79 Å². The van der Waals surface area contributed by atoms with E-state index in [2.05, 4.69) is 20.5 Å². The SMILES string of the molecule is CSCC(=O)NCCCc1ncn[nH]1. The Morgan fingerprint density at radius 3 is 3.21 bits per heavy atom. The van der Waals surface area contributed by atoms with Crippen LogP contribution in [0.15, 0.2) is 6.33 Å². The molecule has 1 rings (SSSR count). The van der Waals surface area contributed by atoms with Crippen molar-refractivity contribution in [2.24, 2.45) is 0 Å². The summed E-state index contributed by atoms with van der Waals surface area (Å²) in [6.07, 6.45) is 5.10. The third-order valence-electron chi connectivity index (χ3n) is 1.65. The lowest BCUT2D eigenvalue weighted by atomic mass is 10.3. The van der Waals surface area contributed by atoms with E-state index >= 15 is 0 Å². The van der Waals surface area contributed by atoms with Crippen molar-refractivity contribution in [1.29, 1.82) is 0 Å². The van der Waals surface area contributed by atoms with Crippen LogP contribution in [0.5, 0.6) is 0 Å². The number of amides is 1. The molecule has 0 spiro atoms. The summed E-state index contributed by atoms with van der Waals surface area (Å²) in [5.74, 6) is 1.49. The second-order valence-corrected chi connectivity index (χ2v) is 3.68. The monoisotopic (exact) mass is 214 g/mol. The lowest BCUT2D eigenvalue weighted by Gasteiger charge is -2.02. The van der Waals surface area contributed by atoms with Crippen LogP contribution in [0.25, 0.3) is 0 Å². The molecule has 2 N–H and O–H groups in total. The van der Waals surface area contributed by atoms with Crippen molar-refractivity contribution in [1.82, 2.24) is 20.5 Å². The summed E-state index contributed by atoms with van der Waals surface area (Å²) in [4.78, 5) is 15.0. The normalized spacial score (nSPS) is 10.1. The number of carbonyl (C=O) groups excluding carboxylic acids is 1. The maximum atomic E-state index is 11.0. The zero-order chi connectivity index (χ0) is 10.2. The van der Waals surface area contributed by atoms with Gasteiger partial charge in [0.1, 0.15) is 12.2 Å². The minimum atomic E-state index is 0.0927. The molecule has 1 aromatic heterocycles. The fourth-order valence-electron chi connectivity index (χ4n) is 1.02. The average molecular weight is 214 g/mol. The smallest absolute Gasteiger partial charge is 0.229 e. The Morgan fingerprint density at radius 2 is 2.57 bits per heavy atom. The molecule has 0 atom stereocenters. The maximum absolute atomic E-state index is 11.0. The number of H-pyrrole nitrogens is 1. The summed E-state index contributed by atoms with van der Waals surface area (Å²) in [5, 5.41) is 9.34. The van der Waals surface area contributed by atoms with Gasteiger partial charge in [-0.15, -0.1) is 0 Å². The van der Waals surface area contributed by atoms with E-state index in [1.54, 1.807) is 0 Å². The molecule has 5 nitrogen and oxygen atoms in total. The van der Waals surface area contributed by atoms with Crippen LogP contribution in [0.4, 0.5) is 0 Å². The van der Waals surface area contributed by atoms with E-state index in [0.29, 0.717) is 12.3 Å². The van der Waals surface area contributed by atoms with E-state index in [0.717, 1.165) is 18.7 Å². The van der Waals surface area contributed by atoms with Crippen LogP contribution in [0.2, 0.25) is 0 Å². The molecule has 0 aromatic carbocycles. The molecule has 0 aliphatic heterocycles. The minimum absolute atomic E-state index is 0.0927. The molecule has 6 heteroatoms. The first-order valence-corrected chi connectivity index (χ1v) is 5.82. The van der Waals surface area contributed by atoms with Gasteiger partial charge in [-0.1, -0.05) is 0 Å². The van der Waals surface area contributed by atoms with Crippen LogP contribution >= 0.6 is 11.8 Å². The fraction of sp³-hybridized carbons (Fsp3) is 0.625. The molecule has 1 heterocycles. The summed E-state index contributed by atoms with van der Waals surface area (Å²) in [5.41, 5.74) is 0. The number of rotatable bonds is 6. The van der Waals surface area contributed by atoms with E-state index in [-0.39, 0.29) is 5.91 Å². The van der Waals surface area contributed by atoms with Gasteiger partial charge in [-0.3, -0.25) is 9.89 Å². The molecule has 0 saturated carbocycles. The fourth-order valence-corrected chi connectivity index (χ4v) is 1.38. The first-order valence-electron chi connectivity index (χ1n) is 4.43. The Morgan fingerprint density at radius 1 is 1.71 bits per heavy atom. The van der Waals surface area contributed by atoms with Gasteiger partial charge < -0.3 is 5.32 Å². The third kappa shape index (κ3) is 4.27. The van der Waals surface area contributed by atoms with Crippen molar-refractivity contribution < 1.29 is 4.79 Å². The molecule has 1 amide bonds. The van der Waals surface area contributed by atoms with Crippen molar-refractivity contribution in [3.63, 3.8) is 0 Å². The third-order valence-corrected chi connectivity index (χ3v) is 2.20. The Kier molecular flexibility index (Phi) is 5.06. The maximum Gasteiger partial charge on any atom is 0.229 e. The zero-order valence-electron chi connectivity index (χ0n) is 8.12. The summed E-state index contributed by atoms with van der Waals surface area (Å²) >= 11 is 1.52. The van der Waals surface area contributed by atoms with Gasteiger partial charge in [-0.2, -0.15) is 16.9 Å². The van der Waals surface area contributed by atoms with Crippen LogP contribution in [-0.2, 0) is 11.2 Å². The van der Waals surface area contributed by atoms with Crippen LogP contribution in [-0.4, -0.2) is 39.6 Å². The number of aromatic amines is 1. The molecule has 1 aromatic rings. The Balaban J connectivity index is 2.02. The van der Waals surface area contributed by atoms with Crippen molar-refractivity contribution in [2.45, 2.75) is 12.8 Å². The second kappa shape index (κ2) is 6.42. The second-order valence-electron chi connectivity index (χ2n) is 2.82. The molecule has 0 unspecified atom stereocenters. The number of hydrogen-bond acceptors (Lipinski definition) is 4. The van der Waals surface area contributed by atoms with Crippen molar-refractivity contribution in [2.75, 3.05) is 18.6 Å². The quantitative estimate of drug-likeness (QED) is 0.664. The standard InChI is InChI=1S/C8H14N4OS/c1-14-5-8(13)9-4-2-3-7-10-6-11-12-7/h6H,2-5H2,1H3,(H,9,13)(H,10,11,12). The molecule has 0 bridgehead atoms. The van der Waals surface area contributed by atoms with Gasteiger partial charge in [0.05, 0.1) is 5.75 Å². The van der Waals surface area contributed by atoms with Crippen molar-refractivity contribution in [3.05, 3.63) is 12.2 Å². The lowest BCUT2D eigenvalue weighted by Crippen LogP contribution is -2.26. The van der Waals surface area contributed by atoms with Gasteiger partial charge in [-0.25, -0.2) is 4.98 Å². The van der Waals surface area contributed by atoms with Crippen LogP contribution in [0, 0.1) is 0 Å². The Labute approximate surface area is 87.1 Å². The topological polar surface area (TPSA) is 70.7 Å².